The smallest absolute Gasteiger partial charge is 0.243 e. The van der Waals surface area contributed by atoms with Crippen LogP contribution in [0.3, 0.4) is 0 Å². The van der Waals surface area contributed by atoms with Gasteiger partial charge in [0.05, 0.1) is 4.90 Å². The third kappa shape index (κ3) is 4.22. The second kappa shape index (κ2) is 8.25. The number of hydrogen-bond acceptors (Lipinski definition) is 4. The van der Waals surface area contributed by atoms with Gasteiger partial charge in [-0.2, -0.15) is 4.31 Å². The summed E-state index contributed by atoms with van der Waals surface area (Å²) in [7, 11) is -3.55. The quantitative estimate of drug-likeness (QED) is 0.778. The molecule has 0 aliphatic carbocycles. The maximum absolute atomic E-state index is 12.8. The van der Waals surface area contributed by atoms with Crippen LogP contribution in [0.5, 0.6) is 0 Å². The molecule has 8 heteroatoms. The van der Waals surface area contributed by atoms with Crippen molar-refractivity contribution >= 4 is 27.5 Å². The van der Waals surface area contributed by atoms with Crippen LogP contribution in [0.25, 0.3) is 0 Å². The Hall–Kier alpha value is -1.15. The Kier molecular flexibility index (Phi) is 6.22. The lowest BCUT2D eigenvalue weighted by Crippen LogP contribution is -2.53. The molecule has 1 aromatic rings. The van der Waals surface area contributed by atoms with Gasteiger partial charge in [0.2, 0.25) is 15.9 Å². The van der Waals surface area contributed by atoms with E-state index in [-0.39, 0.29) is 22.9 Å². The zero-order valence-corrected chi connectivity index (χ0v) is 16.5. The molecule has 3 rings (SSSR count). The van der Waals surface area contributed by atoms with Crippen LogP contribution in [-0.4, -0.2) is 61.9 Å². The van der Waals surface area contributed by atoms with Gasteiger partial charge in [0.15, 0.2) is 0 Å². The van der Waals surface area contributed by atoms with Gasteiger partial charge in [-0.3, -0.25) is 4.79 Å². The van der Waals surface area contributed by atoms with E-state index in [1.807, 2.05) is 4.90 Å². The standard InChI is InChI=1S/C18H25ClN2O4S/c1-14(22)21(17-7-11-25-12-8-17)16-5-9-20(10-6-16)26(23,24)18-4-2-3-15(19)13-18/h2-4,13,16-17H,5-12H2,1H3. The Morgan fingerprint density at radius 1 is 1.15 bits per heavy atom. The molecule has 0 atom stereocenters. The van der Waals surface area contributed by atoms with E-state index in [2.05, 4.69) is 0 Å². The van der Waals surface area contributed by atoms with Crippen molar-refractivity contribution in [1.82, 2.24) is 9.21 Å². The highest BCUT2D eigenvalue weighted by Gasteiger charge is 2.35. The van der Waals surface area contributed by atoms with E-state index >= 15 is 0 Å². The van der Waals surface area contributed by atoms with Gasteiger partial charge >= 0.3 is 0 Å². The van der Waals surface area contributed by atoms with Gasteiger partial charge in [0.25, 0.3) is 0 Å². The summed E-state index contributed by atoms with van der Waals surface area (Å²) in [6, 6.07) is 6.63. The molecule has 144 valence electrons. The van der Waals surface area contributed by atoms with Gasteiger partial charge in [-0.15, -0.1) is 0 Å². The SMILES string of the molecule is CC(=O)N(C1CCOCC1)C1CCN(S(=O)(=O)c2cccc(Cl)c2)CC1. The number of sulfonamides is 1. The molecule has 0 aromatic heterocycles. The Bertz CT molecular complexity index is 741. The fourth-order valence-electron chi connectivity index (χ4n) is 3.91. The van der Waals surface area contributed by atoms with E-state index in [1.54, 1.807) is 25.1 Å². The van der Waals surface area contributed by atoms with Gasteiger partial charge in [0.1, 0.15) is 0 Å². The summed E-state index contributed by atoms with van der Waals surface area (Å²) in [5.74, 6) is 0.0630. The number of nitrogens with zero attached hydrogens (tertiary/aromatic N) is 2. The van der Waals surface area contributed by atoms with Crippen LogP contribution in [0.2, 0.25) is 5.02 Å². The number of rotatable bonds is 4. The molecule has 2 heterocycles. The van der Waals surface area contributed by atoms with Crippen molar-refractivity contribution in [2.45, 2.75) is 49.6 Å². The monoisotopic (exact) mass is 400 g/mol. The zero-order valence-electron chi connectivity index (χ0n) is 14.9. The van der Waals surface area contributed by atoms with Crippen LogP contribution in [0.4, 0.5) is 0 Å². The molecule has 2 saturated heterocycles. The minimum absolute atomic E-state index is 0.0630. The first-order valence-electron chi connectivity index (χ1n) is 9.02. The van der Waals surface area contributed by atoms with Gasteiger partial charge in [-0.1, -0.05) is 17.7 Å². The highest BCUT2D eigenvalue weighted by atomic mass is 35.5. The van der Waals surface area contributed by atoms with Crippen LogP contribution in [0.1, 0.15) is 32.6 Å². The van der Waals surface area contributed by atoms with Gasteiger partial charge in [-0.25, -0.2) is 8.42 Å². The third-order valence-electron chi connectivity index (χ3n) is 5.20. The molecule has 0 unspecified atom stereocenters. The van der Waals surface area contributed by atoms with E-state index in [4.69, 9.17) is 16.3 Å². The van der Waals surface area contributed by atoms with Crippen LogP contribution in [0, 0.1) is 0 Å². The van der Waals surface area contributed by atoms with Crippen molar-refractivity contribution in [3.05, 3.63) is 29.3 Å². The number of hydrogen-bond donors (Lipinski definition) is 0. The van der Waals surface area contributed by atoms with E-state index in [0.717, 1.165) is 12.8 Å². The number of carbonyl (C=O) groups excluding carboxylic acids is 1. The van der Waals surface area contributed by atoms with Gasteiger partial charge in [0, 0.05) is 50.3 Å². The third-order valence-corrected chi connectivity index (χ3v) is 7.33. The van der Waals surface area contributed by atoms with Crippen molar-refractivity contribution in [2.24, 2.45) is 0 Å². The molecule has 2 aliphatic rings. The van der Waals surface area contributed by atoms with E-state index in [9.17, 15) is 13.2 Å². The summed E-state index contributed by atoms with van der Waals surface area (Å²) in [6.07, 6.45) is 2.99. The molecule has 1 aromatic carbocycles. The predicted molar refractivity (Wildman–Crippen MR) is 99.6 cm³/mol. The maximum Gasteiger partial charge on any atom is 0.243 e. The number of piperidine rings is 1. The largest absolute Gasteiger partial charge is 0.381 e. The zero-order chi connectivity index (χ0) is 18.7. The van der Waals surface area contributed by atoms with Crippen molar-refractivity contribution in [2.75, 3.05) is 26.3 Å². The van der Waals surface area contributed by atoms with Gasteiger partial charge < -0.3 is 9.64 Å². The molecule has 2 fully saturated rings. The average molecular weight is 401 g/mol. The van der Waals surface area contributed by atoms with Crippen LogP contribution in [-0.2, 0) is 19.6 Å². The van der Waals surface area contributed by atoms with E-state index in [1.165, 1.54) is 10.4 Å². The summed E-state index contributed by atoms with van der Waals surface area (Å²) < 4.78 is 32.5. The molecular weight excluding hydrogens is 376 g/mol. The van der Waals surface area contributed by atoms with Crippen molar-refractivity contribution in [1.29, 1.82) is 0 Å². The lowest BCUT2D eigenvalue weighted by Gasteiger charge is -2.43. The molecule has 0 saturated carbocycles. The van der Waals surface area contributed by atoms with Crippen LogP contribution >= 0.6 is 11.6 Å². The highest BCUT2D eigenvalue weighted by Crippen LogP contribution is 2.27. The average Bonchev–Trinajstić information content (AvgIpc) is 2.63. The summed E-state index contributed by atoms with van der Waals surface area (Å²) in [6.45, 7) is 3.77. The molecule has 0 radical (unpaired) electrons. The van der Waals surface area contributed by atoms with E-state index in [0.29, 0.717) is 44.2 Å². The molecule has 0 spiro atoms. The van der Waals surface area contributed by atoms with Gasteiger partial charge in [-0.05, 0) is 43.9 Å². The lowest BCUT2D eigenvalue weighted by molar-refractivity contribution is -0.137. The first-order valence-corrected chi connectivity index (χ1v) is 10.8. The second-order valence-corrected chi connectivity index (χ2v) is 9.24. The van der Waals surface area contributed by atoms with Crippen LogP contribution in [0.15, 0.2) is 29.2 Å². The number of halogens is 1. The molecule has 0 N–H and O–H groups in total. The Labute approximate surface area is 160 Å². The summed E-state index contributed by atoms with van der Waals surface area (Å²) in [5.41, 5.74) is 0. The molecule has 26 heavy (non-hydrogen) atoms. The minimum atomic E-state index is -3.55. The fraction of sp³-hybridized carbons (Fsp3) is 0.611. The molecular formula is C18H25ClN2O4S. The first kappa shape index (κ1) is 19.6. The van der Waals surface area contributed by atoms with Crippen molar-refractivity contribution < 1.29 is 17.9 Å². The molecule has 1 amide bonds. The Balaban J connectivity index is 1.68. The predicted octanol–water partition coefficient (Wildman–Crippen LogP) is 2.52. The summed E-state index contributed by atoms with van der Waals surface area (Å²) in [4.78, 5) is 14.4. The number of benzene rings is 1. The number of ether oxygens (including phenoxy) is 1. The maximum atomic E-state index is 12.8. The molecule has 0 bridgehead atoms. The number of amides is 1. The molecule has 2 aliphatic heterocycles. The second-order valence-electron chi connectivity index (χ2n) is 6.86. The lowest BCUT2D eigenvalue weighted by atomic mass is 9.99. The van der Waals surface area contributed by atoms with Crippen LogP contribution < -0.4 is 0 Å². The highest BCUT2D eigenvalue weighted by molar-refractivity contribution is 7.89. The summed E-state index contributed by atoms with van der Waals surface area (Å²) in [5, 5.41) is 0.406. The van der Waals surface area contributed by atoms with E-state index < -0.39 is 10.0 Å². The topological polar surface area (TPSA) is 66.9 Å². The Morgan fingerprint density at radius 2 is 1.77 bits per heavy atom. The first-order chi connectivity index (χ1) is 12.4. The number of carbonyl (C=O) groups is 1. The minimum Gasteiger partial charge on any atom is -0.381 e. The fourth-order valence-corrected chi connectivity index (χ4v) is 5.68. The van der Waals surface area contributed by atoms with Crippen molar-refractivity contribution in [3.63, 3.8) is 0 Å². The normalized spacial score (nSPS) is 20.8. The van der Waals surface area contributed by atoms with Crippen molar-refractivity contribution in [3.8, 4) is 0 Å². The summed E-state index contributed by atoms with van der Waals surface area (Å²) >= 11 is 5.94. The molecule has 6 nitrogen and oxygen atoms in total. The Morgan fingerprint density at radius 3 is 2.35 bits per heavy atom.